The standard InChI is InChI=1S/C44H67N12O19P/c1-6-22(4)36(43(69)53-29(13-25-15-46-20-49-25)41(67)54-31(18-57)38(64)47-16-33(59)50-23(5)44(70)71)56-34(60)17-48-39(65)32(19-75-76(72,73)74)55-42(68)30(14-35(61)62)52-40(66)28(11-21(2)3)51-37(63)27(45)12-24-7-9-26(58)10-8-24/h7-10,15,20-23,27-32,36,57-58H,6,11-14,16-19,45H2,1-5H3,(H,46,49)(H,47,64)(H,48,65)(H,50,59)(H,51,63)(H,52,66)(H,53,69)(H,54,67)(H,55,68)(H,56,60)(H,61,62)(H,70,71)(H2,72,73,74)/t22-,23-,27-,28-,29-,30-,31-,32-,36-/m0/s1. The van der Waals surface area contributed by atoms with Crippen LogP contribution in [-0.4, -0.2) is 180 Å². The fraction of sp³-hybridized carbons (Fsp3) is 0.545. The molecule has 76 heavy (non-hydrogen) atoms. The number of carbonyl (C=O) groups excluding carboxylic acids is 9. The molecule has 0 aliphatic heterocycles. The van der Waals surface area contributed by atoms with Crippen LogP contribution in [0.5, 0.6) is 5.75 Å². The van der Waals surface area contributed by atoms with Gasteiger partial charge in [0.05, 0.1) is 45.1 Å². The van der Waals surface area contributed by atoms with Crippen LogP contribution in [0.2, 0.25) is 0 Å². The van der Waals surface area contributed by atoms with Gasteiger partial charge in [-0.2, -0.15) is 0 Å². The average molecular weight is 1100 g/mol. The van der Waals surface area contributed by atoms with Crippen molar-refractivity contribution in [1.29, 1.82) is 0 Å². The van der Waals surface area contributed by atoms with Gasteiger partial charge in [-0.3, -0.25) is 57.3 Å². The Kier molecular flexibility index (Phi) is 26.6. The highest BCUT2D eigenvalue weighted by Crippen LogP contribution is 2.35. The van der Waals surface area contributed by atoms with Crippen LogP contribution in [0.25, 0.3) is 0 Å². The molecule has 0 aliphatic carbocycles. The molecule has 0 aliphatic rings. The Balaban J connectivity index is 2.25. The number of carbonyl (C=O) groups is 11. The second kappa shape index (κ2) is 31.3. The molecule has 0 saturated carbocycles. The van der Waals surface area contributed by atoms with Gasteiger partial charge in [0.25, 0.3) is 0 Å². The van der Waals surface area contributed by atoms with E-state index in [0.717, 1.165) is 0 Å². The summed E-state index contributed by atoms with van der Waals surface area (Å²) in [7, 11) is -5.37. The number of benzene rings is 1. The maximum Gasteiger partial charge on any atom is 0.469 e. The van der Waals surface area contributed by atoms with E-state index in [1.165, 1.54) is 50.6 Å². The van der Waals surface area contributed by atoms with Gasteiger partial charge in [-0.1, -0.05) is 46.2 Å². The molecule has 1 aromatic carbocycles. The van der Waals surface area contributed by atoms with Gasteiger partial charge in [0.2, 0.25) is 53.2 Å². The molecule has 0 radical (unpaired) electrons. The van der Waals surface area contributed by atoms with Gasteiger partial charge in [-0.15, -0.1) is 0 Å². The fourth-order valence-electron chi connectivity index (χ4n) is 6.66. The lowest BCUT2D eigenvalue weighted by Crippen LogP contribution is -2.60. The first-order valence-corrected chi connectivity index (χ1v) is 25.0. The number of nitrogens with one attached hydrogen (secondary N) is 10. The molecule has 9 amide bonds. The van der Waals surface area contributed by atoms with Crippen LogP contribution in [-0.2, 0) is 74.7 Å². The number of imidazole rings is 1. The number of carboxylic acids is 2. The molecule has 31 nitrogen and oxygen atoms in total. The molecule has 0 fully saturated rings. The molecule has 0 saturated heterocycles. The number of rotatable bonds is 33. The van der Waals surface area contributed by atoms with Gasteiger partial charge >= 0.3 is 19.8 Å². The van der Waals surface area contributed by atoms with E-state index in [2.05, 4.69) is 57.0 Å². The summed E-state index contributed by atoms with van der Waals surface area (Å²) in [4.78, 5) is 168. The average Bonchev–Trinajstić information content (AvgIpc) is 3.86. The van der Waals surface area contributed by atoms with Crippen molar-refractivity contribution in [3.05, 3.63) is 48.0 Å². The van der Waals surface area contributed by atoms with Crippen LogP contribution < -0.4 is 53.6 Å². The SMILES string of the molecule is CC[C@H](C)[C@H](NC(=O)CNC(=O)[C@H](COP(=O)(O)O)NC(=O)[C@H](CC(=O)O)NC(=O)[C@H](CC(C)C)NC(=O)[C@@H](N)Cc1ccc(O)cc1)C(=O)N[C@@H](Cc1cnc[nH]1)C(=O)N[C@@H](CO)C(=O)NCC(=O)N[C@@H](C)C(=O)O. The zero-order valence-electron chi connectivity index (χ0n) is 42.1. The molecule has 18 N–H and O–H groups in total. The first kappa shape index (κ1) is 64.5. The quantitative estimate of drug-likeness (QED) is 0.0297. The largest absolute Gasteiger partial charge is 0.508 e. The molecule has 0 unspecified atom stereocenters. The number of hydrogen-bond acceptors (Lipinski definition) is 17. The van der Waals surface area contributed by atoms with Crippen LogP contribution in [0.3, 0.4) is 0 Å². The van der Waals surface area contributed by atoms with Crippen LogP contribution >= 0.6 is 7.82 Å². The maximum absolute atomic E-state index is 13.9. The predicted octanol–water partition coefficient (Wildman–Crippen LogP) is -5.37. The molecule has 2 rings (SSSR count). The Morgan fingerprint density at radius 3 is 1.74 bits per heavy atom. The third-order valence-electron chi connectivity index (χ3n) is 11.0. The Bertz CT molecular complexity index is 2390. The molecule has 32 heteroatoms. The number of aliphatic carboxylic acids is 2. The van der Waals surface area contributed by atoms with Crippen LogP contribution in [0.1, 0.15) is 65.1 Å². The number of carboxylic acid groups (broad SMARTS) is 2. The topological polar surface area (TPSA) is 498 Å². The summed E-state index contributed by atoms with van der Waals surface area (Å²) in [5.74, 6) is -13.6. The van der Waals surface area contributed by atoms with Crippen molar-refractivity contribution in [2.45, 2.75) is 115 Å². The monoisotopic (exact) mass is 1100 g/mol. The summed E-state index contributed by atoms with van der Waals surface area (Å²) < 4.78 is 16.1. The maximum atomic E-state index is 13.9. The Morgan fingerprint density at radius 2 is 1.21 bits per heavy atom. The molecule has 1 aromatic heterocycles. The van der Waals surface area contributed by atoms with E-state index >= 15 is 0 Å². The second-order valence-electron chi connectivity index (χ2n) is 17.8. The highest BCUT2D eigenvalue weighted by atomic mass is 31.2. The van der Waals surface area contributed by atoms with E-state index in [-0.39, 0.29) is 37.4 Å². The van der Waals surface area contributed by atoms with E-state index in [1.807, 2.05) is 5.32 Å². The van der Waals surface area contributed by atoms with Crippen molar-refractivity contribution in [2.24, 2.45) is 17.6 Å². The number of aliphatic hydroxyl groups excluding tert-OH is 1. The number of H-pyrrole nitrogens is 1. The molecular weight excluding hydrogens is 1030 g/mol. The summed E-state index contributed by atoms with van der Waals surface area (Å²) in [5, 5.41) is 58.3. The first-order valence-electron chi connectivity index (χ1n) is 23.5. The summed E-state index contributed by atoms with van der Waals surface area (Å²) in [6.45, 7) is 3.75. The van der Waals surface area contributed by atoms with E-state index in [0.29, 0.717) is 11.3 Å². The smallest absolute Gasteiger partial charge is 0.469 e. The van der Waals surface area contributed by atoms with Crippen LogP contribution in [0, 0.1) is 11.8 Å². The minimum Gasteiger partial charge on any atom is -0.508 e. The van der Waals surface area contributed by atoms with Crippen molar-refractivity contribution in [3.8, 4) is 5.75 Å². The third kappa shape index (κ3) is 23.7. The summed E-state index contributed by atoms with van der Waals surface area (Å²) >= 11 is 0. The molecule has 0 bridgehead atoms. The van der Waals surface area contributed by atoms with Crippen molar-refractivity contribution in [1.82, 2.24) is 57.8 Å². The third-order valence-corrected chi connectivity index (χ3v) is 11.4. The summed E-state index contributed by atoms with van der Waals surface area (Å²) in [5.41, 5.74) is 6.94. The zero-order valence-corrected chi connectivity index (χ0v) is 43.0. The van der Waals surface area contributed by atoms with Gasteiger partial charge in [0.1, 0.15) is 48.0 Å². The number of phosphoric ester groups is 1. The van der Waals surface area contributed by atoms with E-state index in [9.17, 15) is 82.4 Å². The van der Waals surface area contributed by atoms with Gasteiger partial charge in [0, 0.05) is 18.3 Å². The predicted molar refractivity (Wildman–Crippen MR) is 261 cm³/mol. The number of aromatic nitrogens is 2. The highest BCUT2D eigenvalue weighted by molar-refractivity contribution is 7.46. The summed E-state index contributed by atoms with van der Waals surface area (Å²) in [6, 6.07) is -6.85. The van der Waals surface area contributed by atoms with Crippen LogP contribution in [0.4, 0.5) is 0 Å². The lowest BCUT2D eigenvalue weighted by Gasteiger charge is -2.27. The second-order valence-corrected chi connectivity index (χ2v) is 19.0. The van der Waals surface area contributed by atoms with Gasteiger partial charge < -0.3 is 88.8 Å². The van der Waals surface area contributed by atoms with Crippen molar-refractivity contribution in [3.63, 3.8) is 0 Å². The number of nitrogens with zero attached hydrogens (tertiary/aromatic N) is 1. The number of aromatic amines is 1. The molecule has 9 atom stereocenters. The number of nitrogens with two attached hydrogens (primary N) is 1. The van der Waals surface area contributed by atoms with Crippen molar-refractivity contribution in [2.75, 3.05) is 26.3 Å². The lowest BCUT2D eigenvalue weighted by atomic mass is 9.97. The first-order chi connectivity index (χ1) is 35.5. The Morgan fingerprint density at radius 1 is 0.684 bits per heavy atom. The summed E-state index contributed by atoms with van der Waals surface area (Å²) in [6.07, 6.45) is 1.34. The molecule has 422 valence electrons. The molecular formula is C44H67N12O19P. The number of phosphoric acid groups is 1. The molecule has 2 aromatic rings. The molecule has 0 spiro atoms. The fourth-order valence-corrected chi connectivity index (χ4v) is 7.00. The number of amides is 9. The van der Waals surface area contributed by atoms with Gasteiger partial charge in [-0.25, -0.2) is 9.55 Å². The van der Waals surface area contributed by atoms with E-state index in [4.69, 9.17) is 10.8 Å². The zero-order chi connectivity index (χ0) is 57.4. The highest BCUT2D eigenvalue weighted by Gasteiger charge is 2.35. The van der Waals surface area contributed by atoms with Gasteiger partial charge in [0.15, 0.2) is 0 Å². The normalized spacial score (nSPS) is 14.8. The van der Waals surface area contributed by atoms with Crippen LogP contribution in [0.15, 0.2) is 36.8 Å². The Hall–Kier alpha value is -7.57. The Labute approximate surface area is 434 Å². The van der Waals surface area contributed by atoms with Gasteiger partial charge in [-0.05, 0) is 49.3 Å². The minimum absolute atomic E-state index is 0.0137. The van der Waals surface area contributed by atoms with Crippen molar-refractivity contribution >= 4 is 72.9 Å². The number of phenols is 1. The number of aliphatic hydroxyl groups is 1. The van der Waals surface area contributed by atoms with E-state index in [1.54, 1.807) is 20.8 Å². The van der Waals surface area contributed by atoms with Crippen molar-refractivity contribution < 1.29 is 92.0 Å². The number of hydrogen-bond donors (Lipinski definition) is 17. The lowest BCUT2D eigenvalue weighted by molar-refractivity contribution is -0.142. The van der Waals surface area contributed by atoms with E-state index < -0.39 is 160 Å². The number of aromatic hydroxyl groups is 1. The number of phenolic OH excluding ortho intramolecular Hbond substituents is 1. The molecule has 1 heterocycles. The minimum atomic E-state index is -5.37.